The molecule has 0 aromatic rings. The van der Waals surface area contributed by atoms with Gasteiger partial charge in [0.1, 0.15) is 5.57 Å². The minimum absolute atomic E-state index is 0.164. The molecule has 0 aromatic carbocycles. The van der Waals surface area contributed by atoms with Gasteiger partial charge in [0.05, 0.1) is 6.61 Å². The third-order valence-electron chi connectivity index (χ3n) is 1.65. The molecule has 0 aliphatic carbocycles. The lowest BCUT2D eigenvalue weighted by atomic mass is 10.2. The SMILES string of the molecule is CCOC(=O)C1=C(C)CNC1=O. The molecule has 4 nitrogen and oxygen atoms in total. The molecule has 0 atom stereocenters. The Morgan fingerprint density at radius 3 is 2.75 bits per heavy atom. The zero-order valence-electron chi connectivity index (χ0n) is 7.14. The van der Waals surface area contributed by atoms with Gasteiger partial charge in [-0.2, -0.15) is 0 Å². The van der Waals surface area contributed by atoms with E-state index in [9.17, 15) is 9.59 Å². The van der Waals surface area contributed by atoms with Crippen LogP contribution in [0.2, 0.25) is 0 Å². The molecule has 0 radical (unpaired) electrons. The molecule has 0 bridgehead atoms. The maximum atomic E-state index is 11.1. The van der Waals surface area contributed by atoms with Crippen LogP contribution in [0.1, 0.15) is 13.8 Å². The van der Waals surface area contributed by atoms with Crippen molar-refractivity contribution in [1.29, 1.82) is 0 Å². The van der Waals surface area contributed by atoms with E-state index in [1.807, 2.05) is 0 Å². The molecule has 0 spiro atoms. The number of esters is 1. The number of amides is 1. The fourth-order valence-electron chi connectivity index (χ4n) is 1.05. The predicted molar refractivity (Wildman–Crippen MR) is 42.3 cm³/mol. The quantitative estimate of drug-likeness (QED) is 0.467. The van der Waals surface area contributed by atoms with Crippen molar-refractivity contribution >= 4 is 11.9 Å². The molecule has 0 saturated carbocycles. The Hall–Kier alpha value is -1.32. The second-order valence-corrected chi connectivity index (χ2v) is 2.56. The van der Waals surface area contributed by atoms with Crippen molar-refractivity contribution in [3.8, 4) is 0 Å². The Bertz CT molecular complexity index is 255. The van der Waals surface area contributed by atoms with E-state index in [4.69, 9.17) is 4.74 Å². The van der Waals surface area contributed by atoms with E-state index in [0.717, 1.165) is 5.57 Å². The molecule has 1 aliphatic rings. The Labute approximate surface area is 70.6 Å². The van der Waals surface area contributed by atoms with Crippen LogP contribution in [-0.2, 0) is 14.3 Å². The summed E-state index contributed by atoms with van der Waals surface area (Å²) in [6, 6.07) is 0. The lowest BCUT2D eigenvalue weighted by Gasteiger charge is -2.00. The van der Waals surface area contributed by atoms with Gasteiger partial charge in [-0.1, -0.05) is 0 Å². The molecule has 0 fully saturated rings. The second-order valence-electron chi connectivity index (χ2n) is 2.56. The normalized spacial score (nSPS) is 16.3. The topological polar surface area (TPSA) is 55.4 Å². The van der Waals surface area contributed by atoms with Gasteiger partial charge in [0, 0.05) is 6.54 Å². The number of hydrogen-bond donors (Lipinski definition) is 1. The third kappa shape index (κ3) is 1.47. The van der Waals surface area contributed by atoms with E-state index in [1.165, 1.54) is 0 Å². The van der Waals surface area contributed by atoms with Gasteiger partial charge in [-0.05, 0) is 19.4 Å². The van der Waals surface area contributed by atoms with Crippen LogP contribution in [0.5, 0.6) is 0 Å². The van der Waals surface area contributed by atoms with Gasteiger partial charge in [-0.25, -0.2) is 4.79 Å². The molecule has 0 unspecified atom stereocenters. The van der Waals surface area contributed by atoms with Crippen molar-refractivity contribution in [1.82, 2.24) is 5.32 Å². The van der Waals surface area contributed by atoms with Crippen LogP contribution >= 0.6 is 0 Å². The van der Waals surface area contributed by atoms with Gasteiger partial charge in [0.2, 0.25) is 0 Å². The van der Waals surface area contributed by atoms with Crippen LogP contribution in [0.15, 0.2) is 11.1 Å². The molecule has 0 aromatic heterocycles. The molecule has 1 heterocycles. The summed E-state index contributed by atoms with van der Waals surface area (Å²) in [6.07, 6.45) is 0. The van der Waals surface area contributed by atoms with E-state index in [2.05, 4.69) is 5.32 Å². The molecule has 0 saturated heterocycles. The largest absolute Gasteiger partial charge is 0.462 e. The molecule has 1 N–H and O–H groups in total. The van der Waals surface area contributed by atoms with E-state index in [1.54, 1.807) is 13.8 Å². The van der Waals surface area contributed by atoms with Gasteiger partial charge in [0.15, 0.2) is 0 Å². The highest BCUT2D eigenvalue weighted by molar-refractivity contribution is 6.18. The first-order valence-electron chi connectivity index (χ1n) is 3.82. The number of rotatable bonds is 2. The van der Waals surface area contributed by atoms with E-state index in [-0.39, 0.29) is 11.5 Å². The number of hydrogen-bond acceptors (Lipinski definition) is 3. The number of nitrogens with one attached hydrogen (secondary N) is 1. The lowest BCUT2D eigenvalue weighted by molar-refractivity contribution is -0.140. The summed E-state index contributed by atoms with van der Waals surface area (Å²) >= 11 is 0. The maximum Gasteiger partial charge on any atom is 0.343 e. The van der Waals surface area contributed by atoms with Crippen LogP contribution in [0.25, 0.3) is 0 Å². The average Bonchev–Trinajstić information content (AvgIpc) is 2.32. The molecule has 1 amide bonds. The predicted octanol–water partition coefficient (Wildman–Crippen LogP) is -0.00420. The Morgan fingerprint density at radius 1 is 1.67 bits per heavy atom. The summed E-state index contributed by atoms with van der Waals surface area (Å²) in [5.41, 5.74) is 0.912. The monoisotopic (exact) mass is 169 g/mol. The molecular weight excluding hydrogens is 158 g/mol. The minimum Gasteiger partial charge on any atom is -0.462 e. The molecule has 66 valence electrons. The first-order valence-corrected chi connectivity index (χ1v) is 3.82. The van der Waals surface area contributed by atoms with Crippen molar-refractivity contribution in [3.05, 3.63) is 11.1 Å². The summed E-state index contributed by atoms with van der Waals surface area (Å²) < 4.78 is 4.71. The summed E-state index contributed by atoms with van der Waals surface area (Å²) in [4.78, 5) is 22.2. The highest BCUT2D eigenvalue weighted by atomic mass is 16.5. The van der Waals surface area contributed by atoms with Crippen LogP contribution in [0.3, 0.4) is 0 Å². The molecule has 1 rings (SSSR count). The maximum absolute atomic E-state index is 11.1. The van der Waals surface area contributed by atoms with E-state index >= 15 is 0 Å². The first-order chi connectivity index (χ1) is 5.66. The van der Waals surface area contributed by atoms with Crippen molar-refractivity contribution in [2.75, 3.05) is 13.2 Å². The molecular formula is C8H11NO3. The number of carbonyl (C=O) groups excluding carboxylic acids is 2. The van der Waals surface area contributed by atoms with Crippen molar-refractivity contribution in [2.24, 2.45) is 0 Å². The van der Waals surface area contributed by atoms with E-state index in [0.29, 0.717) is 13.2 Å². The van der Waals surface area contributed by atoms with Crippen LogP contribution < -0.4 is 5.32 Å². The standard InChI is InChI=1S/C8H11NO3/c1-3-12-8(11)6-5(2)4-9-7(6)10/h3-4H2,1-2H3,(H,9,10). The van der Waals surface area contributed by atoms with Crippen molar-refractivity contribution in [3.63, 3.8) is 0 Å². The lowest BCUT2D eigenvalue weighted by Crippen LogP contribution is -2.22. The van der Waals surface area contributed by atoms with Crippen LogP contribution in [0, 0.1) is 0 Å². The summed E-state index contributed by atoms with van der Waals surface area (Å²) in [5, 5.41) is 2.54. The molecule has 12 heavy (non-hydrogen) atoms. The van der Waals surface area contributed by atoms with Gasteiger partial charge in [-0.15, -0.1) is 0 Å². The summed E-state index contributed by atoms with van der Waals surface area (Å²) in [7, 11) is 0. The van der Waals surface area contributed by atoms with Gasteiger partial charge in [-0.3, -0.25) is 4.79 Å². The number of ether oxygens (including phenoxy) is 1. The summed E-state index contributed by atoms with van der Waals surface area (Å²) in [6.45, 7) is 4.20. The number of carbonyl (C=O) groups is 2. The smallest absolute Gasteiger partial charge is 0.343 e. The zero-order chi connectivity index (χ0) is 9.14. The molecule has 1 aliphatic heterocycles. The van der Waals surface area contributed by atoms with Crippen LogP contribution in [0.4, 0.5) is 0 Å². The van der Waals surface area contributed by atoms with E-state index < -0.39 is 5.97 Å². The fraction of sp³-hybridized carbons (Fsp3) is 0.500. The second kappa shape index (κ2) is 3.38. The Kier molecular flexibility index (Phi) is 2.47. The zero-order valence-corrected chi connectivity index (χ0v) is 7.14. The third-order valence-corrected chi connectivity index (χ3v) is 1.65. The Balaban J connectivity index is 2.79. The van der Waals surface area contributed by atoms with Crippen molar-refractivity contribution < 1.29 is 14.3 Å². The minimum atomic E-state index is -0.523. The fourth-order valence-corrected chi connectivity index (χ4v) is 1.05. The van der Waals surface area contributed by atoms with Gasteiger partial charge < -0.3 is 10.1 Å². The Morgan fingerprint density at radius 2 is 2.33 bits per heavy atom. The molecule has 4 heteroatoms. The highest BCUT2D eigenvalue weighted by Crippen LogP contribution is 2.11. The van der Waals surface area contributed by atoms with Gasteiger partial charge in [0.25, 0.3) is 5.91 Å². The van der Waals surface area contributed by atoms with Gasteiger partial charge >= 0.3 is 5.97 Å². The van der Waals surface area contributed by atoms with Crippen molar-refractivity contribution in [2.45, 2.75) is 13.8 Å². The highest BCUT2D eigenvalue weighted by Gasteiger charge is 2.26. The summed E-state index contributed by atoms with van der Waals surface area (Å²) in [5.74, 6) is -0.851. The first kappa shape index (κ1) is 8.77. The van der Waals surface area contributed by atoms with Crippen LogP contribution in [-0.4, -0.2) is 25.0 Å². The average molecular weight is 169 g/mol.